The van der Waals surface area contributed by atoms with E-state index < -0.39 is 30.1 Å². The van der Waals surface area contributed by atoms with Gasteiger partial charge in [-0.3, -0.25) is 9.59 Å². The molecular weight excluding hydrogens is 428 g/mol. The molecule has 10 nitrogen and oxygen atoms in total. The van der Waals surface area contributed by atoms with E-state index in [1.165, 1.54) is 24.1 Å². The highest BCUT2D eigenvalue weighted by Gasteiger charge is 2.36. The molecule has 2 aromatic carbocycles. The van der Waals surface area contributed by atoms with Crippen molar-refractivity contribution in [3.05, 3.63) is 71.6 Å². The summed E-state index contributed by atoms with van der Waals surface area (Å²) in [7, 11) is 1.53. The summed E-state index contributed by atoms with van der Waals surface area (Å²) in [4.78, 5) is 38.3. The number of benzene rings is 2. The summed E-state index contributed by atoms with van der Waals surface area (Å²) in [5, 5.41) is 6.52. The molecule has 33 heavy (non-hydrogen) atoms. The van der Waals surface area contributed by atoms with Crippen LogP contribution in [0.2, 0.25) is 0 Å². The largest absolute Gasteiger partial charge is 0.486 e. The van der Waals surface area contributed by atoms with Gasteiger partial charge in [-0.05, 0) is 24.6 Å². The zero-order valence-corrected chi connectivity index (χ0v) is 18.0. The minimum Gasteiger partial charge on any atom is -0.486 e. The van der Waals surface area contributed by atoms with Gasteiger partial charge in [-0.1, -0.05) is 35.5 Å². The van der Waals surface area contributed by atoms with Crippen LogP contribution in [0.5, 0.6) is 11.5 Å². The van der Waals surface area contributed by atoms with Gasteiger partial charge in [0.25, 0.3) is 11.8 Å². The van der Waals surface area contributed by atoms with Crippen LogP contribution in [-0.2, 0) is 11.2 Å². The van der Waals surface area contributed by atoms with Crippen LogP contribution in [0.15, 0.2) is 59.1 Å². The van der Waals surface area contributed by atoms with E-state index in [1.54, 1.807) is 19.1 Å². The number of fused-ring (bicyclic) bond motifs is 1. The number of carbonyl (C=O) groups is 3. The number of amides is 3. The van der Waals surface area contributed by atoms with E-state index in [4.69, 9.17) is 19.7 Å². The molecule has 1 aliphatic rings. The molecule has 1 aromatic heterocycles. The maximum absolute atomic E-state index is 13.1. The number of hydrogen-bond acceptors (Lipinski definition) is 7. The number of likely N-dealkylation sites (N-methyl/N-ethyl adjacent to an activating group) is 1. The molecule has 0 radical (unpaired) electrons. The first-order valence-electron chi connectivity index (χ1n) is 10.2. The quantitative estimate of drug-likeness (QED) is 0.608. The van der Waals surface area contributed by atoms with Gasteiger partial charge in [-0.2, -0.15) is 0 Å². The van der Waals surface area contributed by atoms with E-state index in [9.17, 15) is 14.4 Å². The Morgan fingerprint density at radius 2 is 1.94 bits per heavy atom. The van der Waals surface area contributed by atoms with Crippen LogP contribution in [0.3, 0.4) is 0 Å². The van der Waals surface area contributed by atoms with Crippen LogP contribution in [0.4, 0.5) is 10.5 Å². The maximum Gasteiger partial charge on any atom is 0.409 e. The number of carbonyl (C=O) groups excluding carboxylic acids is 3. The Bertz CT molecular complexity index is 1190. The Morgan fingerprint density at radius 1 is 1.18 bits per heavy atom. The molecule has 0 bridgehead atoms. The minimum atomic E-state index is -0.996. The van der Waals surface area contributed by atoms with Crippen molar-refractivity contribution in [3.63, 3.8) is 0 Å². The summed E-state index contributed by atoms with van der Waals surface area (Å²) >= 11 is 0. The molecule has 1 aliphatic heterocycles. The average molecular weight is 450 g/mol. The number of hydrogen-bond donors (Lipinski definition) is 2. The molecule has 3 aromatic rings. The third kappa shape index (κ3) is 4.79. The second kappa shape index (κ2) is 9.03. The van der Waals surface area contributed by atoms with Crippen molar-refractivity contribution in [2.75, 3.05) is 11.9 Å². The highest BCUT2D eigenvalue weighted by Crippen LogP contribution is 2.35. The summed E-state index contributed by atoms with van der Waals surface area (Å²) in [6, 6.07) is 14.7. The van der Waals surface area contributed by atoms with Gasteiger partial charge in [0.15, 0.2) is 5.69 Å². The van der Waals surface area contributed by atoms with Gasteiger partial charge in [-0.15, -0.1) is 0 Å². The Kier molecular flexibility index (Phi) is 5.99. The van der Waals surface area contributed by atoms with Crippen molar-refractivity contribution >= 4 is 23.6 Å². The molecular formula is C23H22N4O6. The van der Waals surface area contributed by atoms with Crippen molar-refractivity contribution in [1.82, 2.24) is 10.5 Å². The number of nitrogens with zero attached hydrogens (tertiary/aromatic N) is 2. The molecule has 4 rings (SSSR count). The molecule has 0 saturated carbocycles. The fourth-order valence-electron chi connectivity index (χ4n) is 3.53. The third-order valence-corrected chi connectivity index (χ3v) is 5.19. The van der Waals surface area contributed by atoms with Gasteiger partial charge in [0.2, 0.25) is 0 Å². The lowest BCUT2D eigenvalue weighted by atomic mass is 10.1. The molecule has 0 fully saturated rings. The molecule has 0 spiro atoms. The van der Waals surface area contributed by atoms with Crippen LogP contribution in [-0.4, -0.2) is 42.3 Å². The summed E-state index contributed by atoms with van der Waals surface area (Å²) in [6.07, 6.45) is -1.18. The first-order valence-corrected chi connectivity index (χ1v) is 10.2. The standard InChI is InChI=1S/C23H22N4O6/c1-13-20(22(29)27(2)18-12-15(32-23(24)30)8-9-19(18)31-13)25-21(28)17-11-16(33-26-17)10-14-6-4-3-5-7-14/h3-9,11-13,20H,10H2,1-2H3,(H2,24,30)(H,25,28)/t13-,20?/m0/s1. The second-order valence-corrected chi connectivity index (χ2v) is 7.56. The molecule has 3 amide bonds. The summed E-state index contributed by atoms with van der Waals surface area (Å²) in [5.74, 6) is 0.0869. The van der Waals surface area contributed by atoms with E-state index in [2.05, 4.69) is 10.5 Å². The zero-order chi connectivity index (χ0) is 23.5. The van der Waals surface area contributed by atoms with Crippen molar-refractivity contribution in [2.45, 2.75) is 25.5 Å². The summed E-state index contributed by atoms with van der Waals surface area (Å²) in [5.41, 5.74) is 6.50. The Balaban J connectivity index is 1.49. The van der Waals surface area contributed by atoms with E-state index in [0.29, 0.717) is 23.6 Å². The van der Waals surface area contributed by atoms with E-state index in [-0.39, 0.29) is 11.4 Å². The van der Waals surface area contributed by atoms with E-state index >= 15 is 0 Å². The maximum atomic E-state index is 13.1. The third-order valence-electron chi connectivity index (χ3n) is 5.19. The predicted octanol–water partition coefficient (Wildman–Crippen LogP) is 2.27. The van der Waals surface area contributed by atoms with Crippen LogP contribution in [0.1, 0.15) is 28.7 Å². The van der Waals surface area contributed by atoms with Crippen LogP contribution in [0.25, 0.3) is 0 Å². The number of primary amides is 1. The fraction of sp³-hybridized carbons (Fsp3) is 0.217. The summed E-state index contributed by atoms with van der Waals surface area (Å²) in [6.45, 7) is 1.67. The SMILES string of the molecule is C[C@@H]1Oc2ccc(OC(N)=O)cc2N(C)C(=O)C1NC(=O)c1cc(Cc2ccccc2)on1. The van der Waals surface area contributed by atoms with Gasteiger partial charge < -0.3 is 29.9 Å². The van der Waals surface area contributed by atoms with Crippen LogP contribution in [0, 0.1) is 0 Å². The summed E-state index contributed by atoms with van der Waals surface area (Å²) < 4.78 is 16.1. The molecule has 2 atom stereocenters. The van der Waals surface area contributed by atoms with Crippen LogP contribution >= 0.6 is 0 Å². The topological polar surface area (TPSA) is 137 Å². The van der Waals surface area contributed by atoms with E-state index in [0.717, 1.165) is 5.56 Å². The molecule has 1 unspecified atom stereocenters. The molecule has 0 saturated heterocycles. The Labute approximate surface area is 189 Å². The number of anilines is 1. The highest BCUT2D eigenvalue weighted by atomic mass is 16.5. The smallest absolute Gasteiger partial charge is 0.409 e. The first kappa shape index (κ1) is 21.9. The number of ether oxygens (including phenoxy) is 2. The van der Waals surface area contributed by atoms with Crippen molar-refractivity contribution in [2.24, 2.45) is 5.73 Å². The number of nitrogens with one attached hydrogen (secondary N) is 1. The fourth-order valence-corrected chi connectivity index (χ4v) is 3.53. The van der Waals surface area contributed by atoms with Crippen molar-refractivity contribution in [3.8, 4) is 11.5 Å². The highest BCUT2D eigenvalue weighted by molar-refractivity contribution is 6.03. The lowest BCUT2D eigenvalue weighted by Gasteiger charge is -2.23. The van der Waals surface area contributed by atoms with E-state index in [1.807, 2.05) is 30.3 Å². The minimum absolute atomic E-state index is 0.0579. The average Bonchev–Trinajstić information content (AvgIpc) is 3.23. The zero-order valence-electron chi connectivity index (χ0n) is 18.0. The molecule has 0 aliphatic carbocycles. The molecule has 3 N–H and O–H groups in total. The van der Waals surface area contributed by atoms with Gasteiger partial charge in [0, 0.05) is 25.6 Å². The normalized spacial score (nSPS) is 17.5. The van der Waals surface area contributed by atoms with Gasteiger partial charge in [-0.25, -0.2) is 4.79 Å². The van der Waals surface area contributed by atoms with Gasteiger partial charge in [0.05, 0.1) is 5.69 Å². The molecule has 10 heteroatoms. The molecule has 170 valence electrons. The lowest BCUT2D eigenvalue weighted by molar-refractivity contribution is -0.121. The molecule has 2 heterocycles. The first-order chi connectivity index (χ1) is 15.8. The van der Waals surface area contributed by atoms with Gasteiger partial charge in [0.1, 0.15) is 29.4 Å². The van der Waals surface area contributed by atoms with Crippen LogP contribution < -0.4 is 25.4 Å². The number of nitrogens with two attached hydrogens (primary N) is 1. The predicted molar refractivity (Wildman–Crippen MR) is 117 cm³/mol. The monoisotopic (exact) mass is 450 g/mol. The Morgan fingerprint density at radius 3 is 2.67 bits per heavy atom. The van der Waals surface area contributed by atoms with Gasteiger partial charge >= 0.3 is 6.09 Å². The lowest BCUT2D eigenvalue weighted by Crippen LogP contribution is -2.53. The second-order valence-electron chi connectivity index (χ2n) is 7.56. The number of aromatic nitrogens is 1. The van der Waals surface area contributed by atoms with Crippen molar-refractivity contribution < 1.29 is 28.4 Å². The Hall–Kier alpha value is -4.34. The number of rotatable bonds is 5. The van der Waals surface area contributed by atoms with Crippen molar-refractivity contribution in [1.29, 1.82) is 0 Å².